The van der Waals surface area contributed by atoms with Crippen molar-refractivity contribution in [2.75, 3.05) is 19.0 Å². The number of imidazole rings is 1. The molecule has 0 bridgehead atoms. The highest BCUT2D eigenvalue weighted by Gasteiger charge is 2.29. The van der Waals surface area contributed by atoms with Gasteiger partial charge in [0.2, 0.25) is 0 Å². The number of benzene rings is 7. The second-order valence-electron chi connectivity index (χ2n) is 17.1. The molecule has 0 aliphatic rings. The molecule has 0 amide bonds. The Morgan fingerprint density at radius 2 is 1.33 bits per heavy atom. The van der Waals surface area contributed by atoms with Crippen LogP contribution in [0.5, 0.6) is 0 Å². The van der Waals surface area contributed by atoms with Crippen molar-refractivity contribution < 1.29 is 4.42 Å². The van der Waals surface area contributed by atoms with E-state index >= 15 is 0 Å². The minimum atomic E-state index is -0.118. The maximum atomic E-state index is 7.16. The van der Waals surface area contributed by atoms with Gasteiger partial charge in [-0.05, 0) is 109 Å². The molecule has 0 unspecified atom stereocenters. The van der Waals surface area contributed by atoms with Crippen LogP contribution in [0.1, 0.15) is 77.0 Å². The minimum Gasteiger partial charge on any atom is -0.455 e. The average Bonchev–Trinajstić information content (AvgIpc) is 3.74. The number of aromatic nitrogens is 2. The lowest BCUT2D eigenvalue weighted by Gasteiger charge is -2.26. The molecule has 7 aromatic carbocycles. The molecule has 2 heterocycles. The van der Waals surface area contributed by atoms with Gasteiger partial charge in [-0.25, -0.2) is 4.98 Å². The Hall–Kier alpha value is -5.87. The van der Waals surface area contributed by atoms with Crippen LogP contribution in [0.4, 0.5) is 5.69 Å². The first kappa shape index (κ1) is 34.9. The molecule has 0 atom stereocenters. The van der Waals surface area contributed by atoms with Crippen molar-refractivity contribution in [3.63, 3.8) is 0 Å². The Balaban J connectivity index is 1.43. The van der Waals surface area contributed by atoms with Gasteiger partial charge in [0.05, 0.1) is 28.0 Å². The summed E-state index contributed by atoms with van der Waals surface area (Å²) in [4.78, 5) is 7.78. The quantitative estimate of drug-likeness (QED) is 0.160. The molecule has 4 heteroatoms. The van der Waals surface area contributed by atoms with Gasteiger partial charge < -0.3 is 9.32 Å². The van der Waals surface area contributed by atoms with Gasteiger partial charge in [0.25, 0.3) is 0 Å². The van der Waals surface area contributed by atoms with Crippen molar-refractivity contribution in [3.8, 4) is 28.2 Å². The third-order valence-electron chi connectivity index (χ3n) is 11.4. The van der Waals surface area contributed by atoms with Crippen molar-refractivity contribution in [3.05, 3.63) is 138 Å². The van der Waals surface area contributed by atoms with E-state index in [9.17, 15) is 0 Å². The maximum absolute atomic E-state index is 7.16. The molecule has 9 aromatic rings. The van der Waals surface area contributed by atoms with Gasteiger partial charge >= 0.3 is 0 Å². The highest BCUT2D eigenvalue weighted by Crippen LogP contribution is 2.47. The number of hydrogen-bond donors (Lipinski definition) is 0. The van der Waals surface area contributed by atoms with E-state index in [1.165, 1.54) is 55.0 Å². The van der Waals surface area contributed by atoms with Gasteiger partial charge in [0.1, 0.15) is 17.0 Å². The minimum absolute atomic E-state index is 0.118. The number of hydrogen-bond acceptors (Lipinski definition) is 3. The molecule has 0 saturated carbocycles. The van der Waals surface area contributed by atoms with Gasteiger partial charge in [-0.1, -0.05) is 127 Å². The summed E-state index contributed by atoms with van der Waals surface area (Å²) in [6, 6.07) is 44.4. The van der Waals surface area contributed by atoms with Gasteiger partial charge in [0.15, 0.2) is 0 Å². The van der Waals surface area contributed by atoms with E-state index in [1.54, 1.807) is 0 Å². The normalized spacial score (nSPS) is 12.4. The van der Waals surface area contributed by atoms with E-state index in [1.807, 2.05) is 0 Å². The molecule has 0 aliphatic heterocycles. The molecule has 2 aromatic heterocycles. The Bertz CT molecular complexity index is 2910. The molecular formula is C51H49N3O. The summed E-state index contributed by atoms with van der Waals surface area (Å²) >= 11 is 0. The summed E-state index contributed by atoms with van der Waals surface area (Å²) in [5.41, 5.74) is 13.4. The van der Waals surface area contributed by atoms with E-state index in [0.29, 0.717) is 0 Å². The van der Waals surface area contributed by atoms with Crippen molar-refractivity contribution in [1.82, 2.24) is 9.55 Å². The molecule has 0 saturated heterocycles. The van der Waals surface area contributed by atoms with Crippen LogP contribution in [-0.4, -0.2) is 23.6 Å². The summed E-state index contributed by atoms with van der Waals surface area (Å²) in [7, 11) is 4.25. The van der Waals surface area contributed by atoms with Crippen molar-refractivity contribution in [2.45, 2.75) is 65.7 Å². The zero-order valence-electron chi connectivity index (χ0n) is 33.5. The Kier molecular flexibility index (Phi) is 8.16. The summed E-state index contributed by atoms with van der Waals surface area (Å²) in [6.45, 7) is 16.1. The van der Waals surface area contributed by atoms with Crippen LogP contribution >= 0.6 is 0 Å². The molecule has 0 aliphatic carbocycles. The summed E-state index contributed by atoms with van der Waals surface area (Å²) in [5, 5.41) is 7.18. The smallest absolute Gasteiger partial charge is 0.149 e. The van der Waals surface area contributed by atoms with Gasteiger partial charge in [0, 0.05) is 24.9 Å². The summed E-state index contributed by atoms with van der Waals surface area (Å²) in [5.74, 6) is 1.40. The monoisotopic (exact) mass is 719 g/mol. The number of anilines is 1. The predicted molar refractivity (Wildman–Crippen MR) is 235 cm³/mol. The topological polar surface area (TPSA) is 34.2 Å². The van der Waals surface area contributed by atoms with Crippen LogP contribution < -0.4 is 4.90 Å². The number of para-hydroxylation sites is 1. The number of fused-ring (bicyclic) bond motifs is 7. The fraction of sp³-hybridized carbons (Fsp3) is 0.235. The average molecular weight is 720 g/mol. The third kappa shape index (κ3) is 5.61. The fourth-order valence-electron chi connectivity index (χ4n) is 8.67. The highest BCUT2D eigenvalue weighted by molar-refractivity contribution is 6.18. The number of rotatable bonds is 6. The molecule has 9 rings (SSSR count). The van der Waals surface area contributed by atoms with Crippen molar-refractivity contribution in [1.29, 1.82) is 0 Å². The van der Waals surface area contributed by atoms with E-state index in [-0.39, 0.29) is 17.3 Å². The van der Waals surface area contributed by atoms with Crippen molar-refractivity contribution in [2.24, 2.45) is 0 Å². The molecule has 0 radical (unpaired) electrons. The van der Waals surface area contributed by atoms with Crippen molar-refractivity contribution >= 4 is 60.2 Å². The third-order valence-corrected chi connectivity index (χ3v) is 11.4. The second kappa shape index (κ2) is 12.9. The lowest BCUT2D eigenvalue weighted by atomic mass is 9.83. The van der Waals surface area contributed by atoms with Crippen LogP contribution in [0.25, 0.3) is 82.7 Å². The fourth-order valence-corrected chi connectivity index (χ4v) is 8.67. The first-order valence-electron chi connectivity index (χ1n) is 19.6. The predicted octanol–water partition coefficient (Wildman–Crippen LogP) is 14.2. The lowest BCUT2D eigenvalue weighted by Crippen LogP contribution is -2.14. The van der Waals surface area contributed by atoms with Crippen LogP contribution in [0, 0.1) is 0 Å². The Morgan fingerprint density at radius 3 is 2.02 bits per heavy atom. The van der Waals surface area contributed by atoms with E-state index < -0.39 is 0 Å². The summed E-state index contributed by atoms with van der Waals surface area (Å²) in [6.07, 6.45) is 0. The molecule has 274 valence electrons. The van der Waals surface area contributed by atoms with Crippen LogP contribution in [-0.2, 0) is 5.41 Å². The van der Waals surface area contributed by atoms with Gasteiger partial charge in [-0.15, -0.1) is 0 Å². The number of nitrogens with zero attached hydrogens (tertiary/aromatic N) is 3. The molecule has 55 heavy (non-hydrogen) atoms. The summed E-state index contributed by atoms with van der Waals surface area (Å²) < 4.78 is 9.63. The molecule has 0 N–H and O–H groups in total. The van der Waals surface area contributed by atoms with Crippen LogP contribution in [0.3, 0.4) is 0 Å². The van der Waals surface area contributed by atoms with Crippen LogP contribution in [0.2, 0.25) is 0 Å². The van der Waals surface area contributed by atoms with Gasteiger partial charge in [-0.2, -0.15) is 0 Å². The molecule has 0 fully saturated rings. The first-order valence-corrected chi connectivity index (χ1v) is 19.6. The lowest BCUT2D eigenvalue weighted by molar-refractivity contribution is 0.595. The first-order chi connectivity index (χ1) is 26.4. The highest BCUT2D eigenvalue weighted by atomic mass is 16.3. The molecule has 4 nitrogen and oxygen atoms in total. The van der Waals surface area contributed by atoms with Gasteiger partial charge in [-0.3, -0.25) is 4.57 Å². The standard InChI is InChI=1S/C51H49N3O/c1-30(2)38-27-35(32-16-11-10-12-17-32)28-39(31(3)4)47(38)54-48-43(20-15-21-44(48)53(8)9)52-50(54)37-24-25-42(51(5,6)7)46-41-26-34-23-22-33-18-13-14-19-36(33)40(34)29-45(41)55-49(37)46/h10-31H,1-9H3. The molecular weight excluding hydrogens is 671 g/mol. The Labute approximate surface area is 324 Å². The van der Waals surface area contributed by atoms with E-state index in [2.05, 4.69) is 193 Å². The zero-order chi connectivity index (χ0) is 38.3. The largest absolute Gasteiger partial charge is 0.455 e. The SMILES string of the molecule is CC(C)c1cc(-c2ccccc2)cc(C(C)C)c1-n1c(-c2ccc(C(C)(C)C)c3c2oc2cc4c(ccc5ccccc54)cc23)nc2cccc(N(C)C)c21. The number of furan rings is 1. The van der Waals surface area contributed by atoms with Crippen LogP contribution in [0.15, 0.2) is 126 Å². The van der Waals surface area contributed by atoms with E-state index in [4.69, 9.17) is 9.40 Å². The molecule has 0 spiro atoms. The van der Waals surface area contributed by atoms with E-state index in [0.717, 1.165) is 50.0 Å². The zero-order valence-corrected chi connectivity index (χ0v) is 33.5. The Morgan fingerprint density at radius 1 is 0.636 bits per heavy atom. The second-order valence-corrected chi connectivity index (χ2v) is 17.1. The maximum Gasteiger partial charge on any atom is 0.149 e.